The van der Waals surface area contributed by atoms with Gasteiger partial charge in [-0.2, -0.15) is 13.2 Å². The lowest BCUT2D eigenvalue weighted by Crippen LogP contribution is -2.24. The van der Waals surface area contributed by atoms with E-state index in [1.165, 1.54) is 23.5 Å². The molecule has 41 heavy (non-hydrogen) atoms. The summed E-state index contributed by atoms with van der Waals surface area (Å²) in [6.07, 6.45) is -3.85. The number of aromatic nitrogens is 3. The van der Waals surface area contributed by atoms with Crippen molar-refractivity contribution < 1.29 is 36.6 Å². The standard InChI is InChI=1S/C27H19ClF4N4O4S/c1-13(12-39-26(37)35-16-3-4-23(33-10-16)27(30,31)32)40-21-9-22-20(8-19(21)29)36-25(41-22)18-7-15(28)5-14-6-17(38-2)11-34-24(14)18/h3-11,13H,12H2,1-2H3,(H,35,37)/t13-/m0/s1. The summed E-state index contributed by atoms with van der Waals surface area (Å²) in [5.74, 6) is -0.165. The Bertz CT molecular complexity index is 1750. The van der Waals surface area contributed by atoms with Gasteiger partial charge in [0.1, 0.15) is 29.2 Å². The number of nitrogens with one attached hydrogen (secondary N) is 1. The van der Waals surface area contributed by atoms with Gasteiger partial charge in [0, 0.05) is 28.1 Å². The van der Waals surface area contributed by atoms with Crippen molar-refractivity contribution in [3.63, 3.8) is 0 Å². The van der Waals surface area contributed by atoms with Crippen LogP contribution in [0.2, 0.25) is 5.02 Å². The molecule has 0 radical (unpaired) electrons. The van der Waals surface area contributed by atoms with Crippen LogP contribution in [0.5, 0.6) is 11.5 Å². The highest BCUT2D eigenvalue weighted by Gasteiger charge is 2.32. The summed E-state index contributed by atoms with van der Waals surface area (Å²) in [7, 11) is 1.54. The first-order valence-corrected chi connectivity index (χ1v) is 13.1. The van der Waals surface area contributed by atoms with E-state index < -0.39 is 29.9 Å². The van der Waals surface area contributed by atoms with Crippen molar-refractivity contribution in [2.24, 2.45) is 0 Å². The third-order valence-electron chi connectivity index (χ3n) is 5.71. The zero-order chi connectivity index (χ0) is 29.3. The molecule has 0 aliphatic rings. The number of anilines is 1. The number of thiazole rings is 1. The molecule has 0 aliphatic carbocycles. The number of ether oxygens (including phenoxy) is 3. The Morgan fingerprint density at radius 2 is 1.93 bits per heavy atom. The van der Waals surface area contributed by atoms with Gasteiger partial charge in [0.15, 0.2) is 11.6 Å². The summed E-state index contributed by atoms with van der Waals surface area (Å²) in [6.45, 7) is 1.29. The number of amides is 1. The quantitative estimate of drug-likeness (QED) is 0.189. The Morgan fingerprint density at radius 1 is 1.12 bits per heavy atom. The van der Waals surface area contributed by atoms with Crippen LogP contribution in [0.25, 0.3) is 31.7 Å². The lowest BCUT2D eigenvalue weighted by molar-refractivity contribution is -0.141. The molecule has 8 nitrogen and oxygen atoms in total. The zero-order valence-electron chi connectivity index (χ0n) is 21.3. The third-order valence-corrected chi connectivity index (χ3v) is 6.98. The highest BCUT2D eigenvalue weighted by molar-refractivity contribution is 7.21. The number of carbonyl (C=O) groups is 1. The molecule has 1 N–H and O–H groups in total. The van der Waals surface area contributed by atoms with Gasteiger partial charge in [0.2, 0.25) is 0 Å². The number of nitrogens with zero attached hydrogens (tertiary/aromatic N) is 3. The van der Waals surface area contributed by atoms with Gasteiger partial charge in [-0.05, 0) is 37.3 Å². The van der Waals surface area contributed by atoms with Gasteiger partial charge in [-0.25, -0.2) is 19.2 Å². The lowest BCUT2D eigenvalue weighted by atomic mass is 10.1. The predicted octanol–water partition coefficient (Wildman–Crippen LogP) is 7.74. The molecule has 5 rings (SSSR count). The summed E-state index contributed by atoms with van der Waals surface area (Å²) in [5, 5.41) is 4.08. The fourth-order valence-electron chi connectivity index (χ4n) is 3.84. The van der Waals surface area contributed by atoms with Gasteiger partial charge in [-0.3, -0.25) is 10.3 Å². The smallest absolute Gasteiger partial charge is 0.433 e. The fourth-order valence-corrected chi connectivity index (χ4v) is 5.06. The normalized spacial score (nSPS) is 12.4. The second-order valence-corrected chi connectivity index (χ2v) is 10.2. The van der Waals surface area contributed by atoms with E-state index in [9.17, 15) is 22.4 Å². The number of halogens is 5. The highest BCUT2D eigenvalue weighted by atomic mass is 35.5. The van der Waals surface area contributed by atoms with Crippen LogP contribution in [-0.4, -0.2) is 40.9 Å². The third kappa shape index (κ3) is 6.41. The lowest BCUT2D eigenvalue weighted by Gasteiger charge is -2.15. The number of benzene rings is 2. The fraction of sp³-hybridized carbons (Fsp3) is 0.185. The Morgan fingerprint density at radius 3 is 2.63 bits per heavy atom. The van der Waals surface area contributed by atoms with Crippen molar-refractivity contribution in [2.75, 3.05) is 19.0 Å². The van der Waals surface area contributed by atoms with Crippen LogP contribution in [0.3, 0.4) is 0 Å². The van der Waals surface area contributed by atoms with E-state index >= 15 is 0 Å². The Balaban J connectivity index is 1.27. The molecule has 0 unspecified atom stereocenters. The number of alkyl halides is 3. The van der Waals surface area contributed by atoms with Crippen molar-refractivity contribution in [2.45, 2.75) is 19.2 Å². The molecule has 3 heterocycles. The molecule has 1 atom stereocenters. The molecule has 5 aromatic rings. The van der Waals surface area contributed by atoms with Gasteiger partial charge in [0.25, 0.3) is 0 Å². The van der Waals surface area contributed by atoms with Crippen LogP contribution in [0.4, 0.5) is 28.0 Å². The summed E-state index contributed by atoms with van der Waals surface area (Å²) in [4.78, 5) is 24.3. The Hall–Kier alpha value is -4.23. The van der Waals surface area contributed by atoms with Crippen LogP contribution in [-0.2, 0) is 10.9 Å². The van der Waals surface area contributed by atoms with Gasteiger partial charge < -0.3 is 14.2 Å². The van der Waals surface area contributed by atoms with E-state index in [4.69, 9.17) is 25.8 Å². The van der Waals surface area contributed by atoms with Gasteiger partial charge in [0.05, 0.1) is 40.9 Å². The molecule has 2 aromatic carbocycles. The monoisotopic (exact) mass is 606 g/mol. The summed E-state index contributed by atoms with van der Waals surface area (Å²) in [6, 6.07) is 9.82. The van der Waals surface area contributed by atoms with Crippen molar-refractivity contribution in [1.29, 1.82) is 0 Å². The molecule has 14 heteroatoms. The van der Waals surface area contributed by atoms with Crippen molar-refractivity contribution in [3.8, 4) is 22.1 Å². The number of hydrogen-bond acceptors (Lipinski definition) is 8. The van der Waals surface area contributed by atoms with Gasteiger partial charge in [-0.15, -0.1) is 11.3 Å². The second-order valence-electron chi connectivity index (χ2n) is 8.75. The SMILES string of the molecule is COc1cnc2c(-c3nc4cc(F)c(O[C@@H](C)COC(=O)Nc5ccc(C(F)(F)F)nc5)cc4s3)cc(Cl)cc2c1. The van der Waals surface area contributed by atoms with Crippen LogP contribution in [0.15, 0.2) is 54.9 Å². The number of rotatable bonds is 7. The summed E-state index contributed by atoms with van der Waals surface area (Å²) < 4.78 is 69.4. The van der Waals surface area contributed by atoms with Crippen molar-refractivity contribution >= 4 is 55.8 Å². The van der Waals surface area contributed by atoms with Gasteiger partial charge >= 0.3 is 12.3 Å². The molecular formula is C27H19ClF4N4O4S. The van der Waals surface area contributed by atoms with E-state index in [2.05, 4.69) is 20.3 Å². The Kier molecular flexibility index (Phi) is 7.82. The van der Waals surface area contributed by atoms with Crippen molar-refractivity contribution in [1.82, 2.24) is 15.0 Å². The molecule has 0 spiro atoms. The number of pyridine rings is 2. The largest absolute Gasteiger partial charge is 0.495 e. The molecule has 0 saturated carbocycles. The predicted molar refractivity (Wildman–Crippen MR) is 146 cm³/mol. The average Bonchev–Trinajstić information content (AvgIpc) is 3.33. The second kappa shape index (κ2) is 11.3. The number of fused-ring (bicyclic) bond motifs is 2. The minimum Gasteiger partial charge on any atom is -0.495 e. The first kappa shape index (κ1) is 28.3. The minimum absolute atomic E-state index is 0.0101. The van der Waals surface area contributed by atoms with E-state index in [1.54, 1.807) is 38.4 Å². The highest BCUT2D eigenvalue weighted by Crippen LogP contribution is 2.38. The zero-order valence-corrected chi connectivity index (χ0v) is 22.8. The number of hydrogen-bond donors (Lipinski definition) is 1. The maximum absolute atomic E-state index is 14.9. The topological polar surface area (TPSA) is 95.5 Å². The van der Waals surface area contributed by atoms with Crippen LogP contribution in [0, 0.1) is 5.82 Å². The van der Waals surface area contributed by atoms with Crippen molar-refractivity contribution in [3.05, 3.63) is 71.4 Å². The van der Waals surface area contributed by atoms with Crippen LogP contribution >= 0.6 is 22.9 Å². The number of carbonyl (C=O) groups excluding carboxylic acids is 1. The summed E-state index contributed by atoms with van der Waals surface area (Å²) >= 11 is 7.64. The molecule has 1 amide bonds. The van der Waals surface area contributed by atoms with Crippen LogP contribution < -0.4 is 14.8 Å². The van der Waals surface area contributed by atoms with E-state index in [0.29, 0.717) is 37.1 Å². The maximum Gasteiger partial charge on any atom is 0.433 e. The van der Waals surface area contributed by atoms with Gasteiger partial charge in [-0.1, -0.05) is 11.6 Å². The molecule has 0 fully saturated rings. The van der Waals surface area contributed by atoms with Crippen LogP contribution in [0.1, 0.15) is 12.6 Å². The first-order chi connectivity index (χ1) is 19.5. The molecule has 3 aromatic heterocycles. The summed E-state index contributed by atoms with van der Waals surface area (Å²) in [5.41, 5.74) is 0.655. The van der Waals surface area contributed by atoms with E-state index in [1.807, 2.05) is 0 Å². The first-order valence-electron chi connectivity index (χ1n) is 11.9. The van der Waals surface area contributed by atoms with E-state index in [-0.39, 0.29) is 18.0 Å². The molecule has 0 bridgehead atoms. The van der Waals surface area contributed by atoms with E-state index in [0.717, 1.165) is 23.7 Å². The molecule has 212 valence electrons. The maximum atomic E-state index is 14.9. The molecule has 0 saturated heterocycles. The number of methoxy groups -OCH3 is 1. The minimum atomic E-state index is -4.60. The molecular weight excluding hydrogens is 588 g/mol. The molecule has 0 aliphatic heterocycles. The Labute approximate surface area is 238 Å². The average molecular weight is 607 g/mol.